The van der Waals surface area contributed by atoms with Crippen molar-refractivity contribution in [2.24, 2.45) is 0 Å². The second-order valence-corrected chi connectivity index (χ2v) is 4.00. The Morgan fingerprint density at radius 1 is 1.38 bits per heavy atom. The average Bonchev–Trinajstić information content (AvgIpc) is 2.15. The largest absolute Gasteiger partial charge is 0.392 e. The van der Waals surface area contributed by atoms with Gasteiger partial charge >= 0.3 is 0 Å². The summed E-state index contributed by atoms with van der Waals surface area (Å²) in [6.45, 7) is 1.91. The van der Waals surface area contributed by atoms with Crippen LogP contribution in [0.5, 0.6) is 0 Å². The van der Waals surface area contributed by atoms with E-state index in [9.17, 15) is 4.21 Å². The van der Waals surface area contributed by atoms with Crippen molar-refractivity contribution in [2.45, 2.75) is 11.8 Å². The fraction of sp³-hybridized carbons (Fsp3) is 0.200. The lowest BCUT2D eigenvalue weighted by Gasteiger charge is -1.96. The molecule has 0 radical (unpaired) electrons. The maximum absolute atomic E-state index is 11.4. The van der Waals surface area contributed by atoms with Crippen LogP contribution in [-0.4, -0.2) is 15.9 Å². The van der Waals surface area contributed by atoms with Crippen molar-refractivity contribution in [2.75, 3.05) is 6.61 Å². The molecule has 0 aliphatic heterocycles. The summed E-state index contributed by atoms with van der Waals surface area (Å²) in [7, 11) is -1.13. The van der Waals surface area contributed by atoms with Crippen LogP contribution in [0.25, 0.3) is 0 Å². The van der Waals surface area contributed by atoms with Crippen molar-refractivity contribution in [3.8, 4) is 0 Å². The summed E-state index contributed by atoms with van der Waals surface area (Å²) >= 11 is 0. The minimum Gasteiger partial charge on any atom is -0.392 e. The first-order valence-corrected chi connectivity index (χ1v) is 5.20. The van der Waals surface area contributed by atoms with E-state index in [1.165, 1.54) is 11.5 Å². The SMILES string of the molecule is Cc1ccc([S@](=O)/C=C/CO)cc1. The van der Waals surface area contributed by atoms with Gasteiger partial charge in [0, 0.05) is 10.3 Å². The minimum atomic E-state index is -1.13. The van der Waals surface area contributed by atoms with Crippen molar-refractivity contribution in [3.63, 3.8) is 0 Å². The van der Waals surface area contributed by atoms with Gasteiger partial charge in [-0.25, -0.2) is 4.21 Å². The standard InChI is InChI=1S/C10H12O2S/c1-9-3-5-10(6-4-9)13(12)8-2-7-11/h2-6,8,11H,7H2,1H3/b8-2+/t13-/m1/s1. The molecule has 0 bridgehead atoms. The first-order chi connectivity index (χ1) is 6.24. The van der Waals surface area contributed by atoms with Crippen molar-refractivity contribution in [1.29, 1.82) is 0 Å². The number of benzene rings is 1. The lowest BCUT2D eigenvalue weighted by molar-refractivity contribution is 0.343. The molecule has 0 saturated carbocycles. The predicted molar refractivity (Wildman–Crippen MR) is 53.8 cm³/mol. The van der Waals surface area contributed by atoms with Gasteiger partial charge in [-0.3, -0.25) is 0 Å². The molecule has 1 aromatic rings. The molecule has 0 amide bonds. The number of aliphatic hydroxyl groups excluding tert-OH is 1. The molecule has 0 fully saturated rings. The Morgan fingerprint density at radius 2 is 2.00 bits per heavy atom. The Kier molecular flexibility index (Phi) is 3.86. The van der Waals surface area contributed by atoms with Gasteiger partial charge in [-0.15, -0.1) is 0 Å². The summed E-state index contributed by atoms with van der Waals surface area (Å²) in [5.41, 5.74) is 1.15. The van der Waals surface area contributed by atoms with Crippen molar-refractivity contribution in [1.82, 2.24) is 0 Å². The summed E-state index contributed by atoms with van der Waals surface area (Å²) < 4.78 is 11.4. The van der Waals surface area contributed by atoms with E-state index >= 15 is 0 Å². The van der Waals surface area contributed by atoms with Crippen LogP contribution in [0, 0.1) is 6.92 Å². The molecule has 2 nitrogen and oxygen atoms in total. The lowest BCUT2D eigenvalue weighted by Crippen LogP contribution is -1.86. The molecule has 1 N–H and O–H groups in total. The topological polar surface area (TPSA) is 37.3 Å². The van der Waals surface area contributed by atoms with Gasteiger partial charge in [0.15, 0.2) is 0 Å². The quantitative estimate of drug-likeness (QED) is 0.797. The molecule has 1 rings (SSSR count). The van der Waals surface area contributed by atoms with Gasteiger partial charge in [0.25, 0.3) is 0 Å². The zero-order chi connectivity index (χ0) is 9.68. The summed E-state index contributed by atoms with van der Waals surface area (Å²) in [6.07, 6.45) is 1.48. The Balaban J connectivity index is 2.78. The van der Waals surface area contributed by atoms with E-state index in [1.54, 1.807) is 0 Å². The maximum Gasteiger partial charge on any atom is 0.0773 e. The van der Waals surface area contributed by atoms with Crippen LogP contribution in [0.2, 0.25) is 0 Å². The second kappa shape index (κ2) is 4.94. The summed E-state index contributed by atoms with van der Waals surface area (Å²) in [5.74, 6) is 0. The molecule has 1 aromatic carbocycles. The average molecular weight is 196 g/mol. The Bertz CT molecular complexity index is 314. The molecule has 0 aliphatic rings. The Labute approximate surface area is 80.4 Å². The van der Waals surface area contributed by atoms with E-state index in [1.807, 2.05) is 31.2 Å². The smallest absolute Gasteiger partial charge is 0.0773 e. The van der Waals surface area contributed by atoms with Crippen molar-refractivity contribution < 1.29 is 9.32 Å². The number of rotatable bonds is 3. The zero-order valence-corrected chi connectivity index (χ0v) is 8.25. The predicted octanol–water partition coefficient (Wildman–Crippen LogP) is 1.61. The van der Waals surface area contributed by atoms with Crippen LogP contribution in [0.3, 0.4) is 0 Å². The highest BCUT2D eigenvalue weighted by Gasteiger charge is 1.97. The Hall–Kier alpha value is -0.930. The highest BCUT2D eigenvalue weighted by atomic mass is 32.2. The maximum atomic E-state index is 11.4. The van der Waals surface area contributed by atoms with E-state index in [2.05, 4.69) is 0 Å². The van der Waals surface area contributed by atoms with Crippen LogP contribution in [0.4, 0.5) is 0 Å². The number of hydrogen-bond donors (Lipinski definition) is 1. The van der Waals surface area contributed by atoms with Gasteiger partial charge in [0.05, 0.1) is 17.4 Å². The summed E-state index contributed by atoms with van der Waals surface area (Å²) in [6, 6.07) is 7.49. The fourth-order valence-electron chi connectivity index (χ4n) is 0.881. The molecule has 0 spiro atoms. The van der Waals surface area contributed by atoms with E-state index in [0.717, 1.165) is 10.5 Å². The summed E-state index contributed by atoms with van der Waals surface area (Å²) in [4.78, 5) is 0.760. The van der Waals surface area contributed by atoms with Gasteiger partial charge in [0.1, 0.15) is 0 Å². The molecule has 0 heterocycles. The Morgan fingerprint density at radius 3 is 2.54 bits per heavy atom. The van der Waals surface area contributed by atoms with Gasteiger partial charge in [-0.2, -0.15) is 0 Å². The minimum absolute atomic E-state index is 0.0718. The molecule has 0 aromatic heterocycles. The van der Waals surface area contributed by atoms with Gasteiger partial charge in [-0.1, -0.05) is 23.8 Å². The molecule has 1 atom stereocenters. The third kappa shape index (κ3) is 3.13. The molecule has 0 aliphatic carbocycles. The number of aliphatic hydroxyl groups is 1. The van der Waals surface area contributed by atoms with E-state index < -0.39 is 10.8 Å². The molecule has 13 heavy (non-hydrogen) atoms. The third-order valence-electron chi connectivity index (χ3n) is 1.58. The molecular formula is C10H12O2S. The van der Waals surface area contributed by atoms with Crippen molar-refractivity contribution >= 4 is 10.8 Å². The van der Waals surface area contributed by atoms with E-state index in [-0.39, 0.29) is 6.61 Å². The normalized spacial score (nSPS) is 13.4. The number of aryl methyl sites for hydroxylation is 1. The number of hydrogen-bond acceptors (Lipinski definition) is 2. The van der Waals surface area contributed by atoms with Crippen LogP contribution in [0.1, 0.15) is 5.56 Å². The van der Waals surface area contributed by atoms with Gasteiger partial charge in [-0.05, 0) is 19.1 Å². The highest BCUT2D eigenvalue weighted by Crippen LogP contribution is 2.08. The lowest BCUT2D eigenvalue weighted by atomic mass is 10.2. The molecule has 70 valence electrons. The first-order valence-electron chi connectivity index (χ1n) is 3.99. The molecular weight excluding hydrogens is 184 g/mol. The highest BCUT2D eigenvalue weighted by molar-refractivity contribution is 7.88. The van der Waals surface area contributed by atoms with Gasteiger partial charge in [0.2, 0.25) is 0 Å². The van der Waals surface area contributed by atoms with E-state index in [4.69, 9.17) is 5.11 Å². The van der Waals surface area contributed by atoms with Crippen LogP contribution in [0.15, 0.2) is 40.6 Å². The first kappa shape index (κ1) is 10.2. The van der Waals surface area contributed by atoms with Crippen LogP contribution >= 0.6 is 0 Å². The van der Waals surface area contributed by atoms with E-state index in [0.29, 0.717) is 0 Å². The zero-order valence-electron chi connectivity index (χ0n) is 7.43. The van der Waals surface area contributed by atoms with Crippen LogP contribution in [-0.2, 0) is 10.8 Å². The van der Waals surface area contributed by atoms with Gasteiger partial charge < -0.3 is 5.11 Å². The molecule has 0 unspecified atom stereocenters. The second-order valence-electron chi connectivity index (χ2n) is 2.66. The molecule has 3 heteroatoms. The third-order valence-corrected chi connectivity index (χ3v) is 2.75. The van der Waals surface area contributed by atoms with Crippen molar-refractivity contribution in [3.05, 3.63) is 41.3 Å². The van der Waals surface area contributed by atoms with Crippen LogP contribution < -0.4 is 0 Å². The summed E-state index contributed by atoms with van der Waals surface area (Å²) in [5, 5.41) is 9.98. The molecule has 0 saturated heterocycles. The fourth-order valence-corrected chi connectivity index (χ4v) is 1.70. The monoisotopic (exact) mass is 196 g/mol.